The molecule has 0 radical (unpaired) electrons. The summed E-state index contributed by atoms with van der Waals surface area (Å²) in [6.07, 6.45) is 6.56. The van der Waals surface area contributed by atoms with E-state index in [-0.39, 0.29) is 5.41 Å². The van der Waals surface area contributed by atoms with Gasteiger partial charge in [0, 0.05) is 16.5 Å². The molecule has 1 spiro atoms. The first kappa shape index (κ1) is 12.7. The predicted octanol–water partition coefficient (Wildman–Crippen LogP) is 4.66. The van der Waals surface area contributed by atoms with Gasteiger partial charge in [0.2, 0.25) is 0 Å². The Balaban J connectivity index is 0.000000531. The zero-order valence-electron chi connectivity index (χ0n) is 11.1. The molecule has 0 aromatic heterocycles. The normalized spacial score (nSPS) is 31.5. The van der Waals surface area contributed by atoms with Crippen LogP contribution in [0.1, 0.15) is 66.7 Å². The van der Waals surface area contributed by atoms with Gasteiger partial charge >= 0.3 is 0 Å². The molecule has 0 aromatic rings. The van der Waals surface area contributed by atoms with Crippen LogP contribution in [-0.4, -0.2) is 5.71 Å². The molecule has 88 valence electrons. The van der Waals surface area contributed by atoms with Crippen LogP contribution in [0.2, 0.25) is 0 Å². The highest BCUT2D eigenvalue weighted by Crippen LogP contribution is 2.55. The van der Waals surface area contributed by atoms with Crippen molar-refractivity contribution in [3.63, 3.8) is 0 Å². The molecule has 1 atom stereocenters. The van der Waals surface area contributed by atoms with Gasteiger partial charge in [-0.25, -0.2) is 0 Å². The lowest BCUT2D eigenvalue weighted by molar-refractivity contribution is 0.121. The molecule has 1 unspecified atom stereocenters. The zero-order valence-corrected chi connectivity index (χ0v) is 11.1. The second kappa shape index (κ2) is 4.27. The van der Waals surface area contributed by atoms with E-state index >= 15 is 0 Å². The average Bonchev–Trinajstić information content (AvgIpc) is 2.16. The second-order valence-electron chi connectivity index (χ2n) is 5.67. The third-order valence-corrected chi connectivity index (χ3v) is 4.77. The van der Waals surface area contributed by atoms with Crippen molar-refractivity contribution in [1.29, 1.82) is 5.41 Å². The van der Waals surface area contributed by atoms with Gasteiger partial charge in [0.1, 0.15) is 0 Å². The lowest BCUT2D eigenvalue weighted by Gasteiger charge is -2.54. The Kier molecular flexibility index (Phi) is 3.63. The summed E-state index contributed by atoms with van der Waals surface area (Å²) < 4.78 is 0. The predicted molar refractivity (Wildman–Crippen MR) is 67.5 cm³/mol. The van der Waals surface area contributed by atoms with Crippen LogP contribution >= 0.6 is 0 Å². The van der Waals surface area contributed by atoms with Crippen molar-refractivity contribution in [1.82, 2.24) is 0 Å². The Morgan fingerprint density at radius 3 is 2.07 bits per heavy atom. The third-order valence-electron chi connectivity index (χ3n) is 4.77. The average molecular weight is 209 g/mol. The van der Waals surface area contributed by atoms with Crippen molar-refractivity contribution in [2.24, 2.45) is 16.7 Å². The Morgan fingerprint density at radius 1 is 1.13 bits per heavy atom. The number of hydrogen-bond acceptors (Lipinski definition) is 1. The van der Waals surface area contributed by atoms with E-state index in [0.29, 0.717) is 11.3 Å². The minimum absolute atomic E-state index is 0.165. The van der Waals surface area contributed by atoms with Crippen LogP contribution in [0.5, 0.6) is 0 Å². The lowest BCUT2D eigenvalue weighted by Crippen LogP contribution is -2.51. The number of nitrogens with one attached hydrogen (secondary N) is 1. The molecule has 0 saturated heterocycles. The summed E-state index contributed by atoms with van der Waals surface area (Å²) in [7, 11) is 0. The fraction of sp³-hybridized carbons (Fsp3) is 0.929. The van der Waals surface area contributed by atoms with Crippen molar-refractivity contribution in [3.05, 3.63) is 0 Å². The van der Waals surface area contributed by atoms with Crippen molar-refractivity contribution >= 4 is 5.71 Å². The quantitative estimate of drug-likeness (QED) is 0.600. The van der Waals surface area contributed by atoms with Gasteiger partial charge < -0.3 is 5.41 Å². The molecular weight excluding hydrogens is 182 g/mol. The molecule has 2 fully saturated rings. The van der Waals surface area contributed by atoms with E-state index in [2.05, 4.69) is 20.8 Å². The fourth-order valence-corrected chi connectivity index (χ4v) is 3.01. The molecule has 2 rings (SSSR count). The molecule has 0 amide bonds. The Morgan fingerprint density at radius 2 is 1.67 bits per heavy atom. The Hall–Kier alpha value is -0.330. The maximum atomic E-state index is 8.33. The Bertz CT molecular complexity index is 232. The molecule has 1 nitrogen and oxygen atoms in total. The van der Waals surface area contributed by atoms with Gasteiger partial charge in [-0.1, -0.05) is 41.0 Å². The van der Waals surface area contributed by atoms with E-state index in [1.54, 1.807) is 0 Å². The van der Waals surface area contributed by atoms with Gasteiger partial charge in [-0.3, -0.25) is 0 Å². The van der Waals surface area contributed by atoms with E-state index in [1.807, 2.05) is 13.8 Å². The van der Waals surface area contributed by atoms with Gasteiger partial charge in [-0.15, -0.1) is 0 Å². The first-order valence-electron chi connectivity index (χ1n) is 6.58. The van der Waals surface area contributed by atoms with E-state index in [4.69, 9.17) is 5.41 Å². The van der Waals surface area contributed by atoms with Crippen LogP contribution in [0.25, 0.3) is 0 Å². The standard InChI is InChI=1S/C12H21N.C2H6/c1-9-5-8-12(6-4-7-12)10(13)11(9,2)3;1-2/h9,13H,4-8H2,1-3H3;1-2H3. The van der Waals surface area contributed by atoms with Gasteiger partial charge in [-0.2, -0.15) is 0 Å². The van der Waals surface area contributed by atoms with Crippen LogP contribution in [0.3, 0.4) is 0 Å². The summed E-state index contributed by atoms with van der Waals surface area (Å²) in [5.41, 5.74) is 1.58. The smallest absolute Gasteiger partial charge is 0.0210 e. The maximum Gasteiger partial charge on any atom is 0.0210 e. The van der Waals surface area contributed by atoms with Gasteiger partial charge in [-0.05, 0) is 31.6 Å². The summed E-state index contributed by atoms with van der Waals surface area (Å²) in [6.45, 7) is 10.8. The second-order valence-corrected chi connectivity index (χ2v) is 5.67. The molecule has 1 N–H and O–H groups in total. The van der Waals surface area contributed by atoms with Crippen molar-refractivity contribution in [2.45, 2.75) is 66.7 Å². The summed E-state index contributed by atoms with van der Waals surface area (Å²) in [5.74, 6) is 0.700. The minimum atomic E-state index is 0.165. The lowest BCUT2D eigenvalue weighted by atomic mass is 9.51. The van der Waals surface area contributed by atoms with Gasteiger partial charge in [0.25, 0.3) is 0 Å². The van der Waals surface area contributed by atoms with Gasteiger partial charge in [0.15, 0.2) is 0 Å². The van der Waals surface area contributed by atoms with Crippen LogP contribution in [0, 0.1) is 22.2 Å². The monoisotopic (exact) mass is 209 g/mol. The first-order valence-corrected chi connectivity index (χ1v) is 6.58. The largest absolute Gasteiger partial charge is 0.309 e. The fourth-order valence-electron chi connectivity index (χ4n) is 3.01. The van der Waals surface area contributed by atoms with Gasteiger partial charge in [0.05, 0.1) is 0 Å². The highest BCUT2D eigenvalue weighted by atomic mass is 14.6. The topological polar surface area (TPSA) is 23.9 Å². The van der Waals surface area contributed by atoms with E-state index in [1.165, 1.54) is 32.1 Å². The van der Waals surface area contributed by atoms with Crippen LogP contribution in [0.15, 0.2) is 0 Å². The molecule has 0 aliphatic heterocycles. The van der Waals surface area contributed by atoms with Crippen molar-refractivity contribution < 1.29 is 0 Å². The molecular formula is C14H27N. The SMILES string of the molecule is CC.CC1CCC2(CCC2)C(=N)C1(C)C. The molecule has 1 heteroatoms. The summed E-state index contributed by atoms with van der Waals surface area (Å²) in [4.78, 5) is 0. The molecule has 15 heavy (non-hydrogen) atoms. The highest BCUT2D eigenvalue weighted by molar-refractivity contribution is 5.93. The zero-order chi connectivity index (χ0) is 11.7. The maximum absolute atomic E-state index is 8.33. The molecule has 0 heterocycles. The number of rotatable bonds is 0. The van der Waals surface area contributed by atoms with Crippen molar-refractivity contribution in [2.75, 3.05) is 0 Å². The summed E-state index contributed by atoms with van der Waals surface area (Å²) in [6, 6.07) is 0. The van der Waals surface area contributed by atoms with Crippen molar-refractivity contribution in [3.8, 4) is 0 Å². The molecule has 0 bridgehead atoms. The van der Waals surface area contributed by atoms with Crippen LogP contribution in [-0.2, 0) is 0 Å². The Labute approximate surface area is 95.2 Å². The van der Waals surface area contributed by atoms with E-state index in [0.717, 1.165) is 5.71 Å². The molecule has 2 saturated carbocycles. The summed E-state index contributed by atoms with van der Waals surface area (Å²) >= 11 is 0. The highest BCUT2D eigenvalue weighted by Gasteiger charge is 2.51. The molecule has 2 aliphatic carbocycles. The van der Waals surface area contributed by atoms with E-state index in [9.17, 15) is 0 Å². The van der Waals surface area contributed by atoms with Crippen LogP contribution < -0.4 is 0 Å². The molecule has 2 aliphatic rings. The first-order chi connectivity index (χ1) is 6.99. The number of hydrogen-bond donors (Lipinski definition) is 1. The summed E-state index contributed by atoms with van der Waals surface area (Å²) in [5, 5.41) is 8.33. The molecule has 0 aromatic carbocycles. The van der Waals surface area contributed by atoms with Crippen LogP contribution in [0.4, 0.5) is 0 Å². The van der Waals surface area contributed by atoms with E-state index < -0.39 is 0 Å². The minimum Gasteiger partial charge on any atom is -0.309 e. The third kappa shape index (κ3) is 1.86.